The Hall–Kier alpha value is -1.12. The van der Waals surface area contributed by atoms with Gasteiger partial charge in [0.2, 0.25) is 0 Å². The highest BCUT2D eigenvalue weighted by Crippen LogP contribution is 2.50. The molecule has 0 amide bonds. The predicted octanol–water partition coefficient (Wildman–Crippen LogP) is 2.89. The molecule has 0 unspecified atom stereocenters. The van der Waals surface area contributed by atoms with Crippen molar-refractivity contribution < 1.29 is 14.3 Å². The van der Waals surface area contributed by atoms with Crippen molar-refractivity contribution in [2.24, 2.45) is 17.3 Å². The molecule has 3 nitrogen and oxygen atoms in total. The van der Waals surface area contributed by atoms with Crippen LogP contribution in [0.15, 0.2) is 11.6 Å². The molecule has 3 atom stereocenters. The number of ether oxygens (including phenoxy) is 1. The number of rotatable bonds is 1. The van der Waals surface area contributed by atoms with Gasteiger partial charge in [-0.05, 0) is 38.5 Å². The summed E-state index contributed by atoms with van der Waals surface area (Å²) in [6.45, 7) is 4.12. The predicted molar refractivity (Wildman–Crippen MR) is 69.0 cm³/mol. The van der Waals surface area contributed by atoms with E-state index in [-0.39, 0.29) is 23.2 Å². The molecular weight excluding hydrogens is 228 g/mol. The average molecular weight is 250 g/mol. The van der Waals surface area contributed by atoms with Crippen LogP contribution in [0.4, 0.5) is 0 Å². The fourth-order valence-electron chi connectivity index (χ4n) is 3.77. The van der Waals surface area contributed by atoms with Gasteiger partial charge in [-0.3, -0.25) is 9.59 Å². The number of allylic oxidation sites excluding steroid dienone is 2. The maximum atomic E-state index is 12.2. The van der Waals surface area contributed by atoms with Crippen LogP contribution < -0.4 is 0 Å². The van der Waals surface area contributed by atoms with Gasteiger partial charge in [0.1, 0.15) is 5.78 Å². The van der Waals surface area contributed by atoms with Crippen LogP contribution in [0, 0.1) is 17.3 Å². The highest BCUT2D eigenvalue weighted by atomic mass is 16.5. The molecule has 0 radical (unpaired) electrons. The highest BCUT2D eigenvalue weighted by Gasteiger charge is 2.51. The maximum Gasteiger partial charge on any atom is 0.308 e. The summed E-state index contributed by atoms with van der Waals surface area (Å²) >= 11 is 0. The molecule has 3 heteroatoms. The molecule has 0 spiro atoms. The lowest BCUT2D eigenvalue weighted by molar-refractivity contribution is -0.150. The fourth-order valence-corrected chi connectivity index (χ4v) is 3.77. The zero-order chi connectivity index (χ0) is 13.3. The Morgan fingerprint density at radius 2 is 2.17 bits per heavy atom. The van der Waals surface area contributed by atoms with Crippen molar-refractivity contribution in [3.63, 3.8) is 0 Å². The number of ketones is 1. The smallest absolute Gasteiger partial charge is 0.308 e. The van der Waals surface area contributed by atoms with Crippen LogP contribution in [0.25, 0.3) is 0 Å². The van der Waals surface area contributed by atoms with Gasteiger partial charge in [0.05, 0.1) is 13.0 Å². The summed E-state index contributed by atoms with van der Waals surface area (Å²) in [6, 6.07) is 0. The molecule has 2 aliphatic rings. The summed E-state index contributed by atoms with van der Waals surface area (Å²) in [5.74, 6) is 0.210. The van der Waals surface area contributed by atoms with Gasteiger partial charge in [0.15, 0.2) is 0 Å². The molecule has 1 fully saturated rings. The number of carbonyl (C=O) groups is 2. The third-order valence-corrected chi connectivity index (χ3v) is 4.74. The number of hydrogen-bond donors (Lipinski definition) is 0. The lowest BCUT2D eigenvalue weighted by Gasteiger charge is -2.36. The topological polar surface area (TPSA) is 43.4 Å². The fraction of sp³-hybridized carbons (Fsp3) is 0.733. The molecule has 0 aliphatic heterocycles. The lowest BCUT2D eigenvalue weighted by Crippen LogP contribution is -2.38. The zero-order valence-electron chi connectivity index (χ0n) is 11.5. The molecule has 0 heterocycles. The Bertz CT molecular complexity index is 397. The molecule has 0 aromatic rings. The third-order valence-electron chi connectivity index (χ3n) is 4.74. The van der Waals surface area contributed by atoms with Gasteiger partial charge in [-0.25, -0.2) is 0 Å². The first kappa shape index (κ1) is 13.3. The van der Waals surface area contributed by atoms with E-state index in [1.165, 1.54) is 12.7 Å². The molecule has 0 aromatic heterocycles. The zero-order valence-corrected chi connectivity index (χ0v) is 11.5. The van der Waals surface area contributed by atoms with E-state index < -0.39 is 0 Å². The van der Waals surface area contributed by atoms with Crippen molar-refractivity contribution in [1.29, 1.82) is 0 Å². The van der Waals surface area contributed by atoms with Crippen LogP contribution >= 0.6 is 0 Å². The van der Waals surface area contributed by atoms with Crippen LogP contribution in [-0.4, -0.2) is 18.9 Å². The van der Waals surface area contributed by atoms with E-state index in [0.717, 1.165) is 25.7 Å². The third kappa shape index (κ3) is 2.11. The summed E-state index contributed by atoms with van der Waals surface area (Å²) in [6.07, 6.45) is 6.13. The summed E-state index contributed by atoms with van der Waals surface area (Å²) < 4.78 is 4.93. The van der Waals surface area contributed by atoms with E-state index in [2.05, 4.69) is 13.0 Å². The van der Waals surface area contributed by atoms with Gasteiger partial charge in [-0.1, -0.05) is 18.6 Å². The van der Waals surface area contributed by atoms with Gasteiger partial charge in [-0.2, -0.15) is 0 Å². The largest absolute Gasteiger partial charge is 0.469 e. The van der Waals surface area contributed by atoms with Crippen LogP contribution in [0.5, 0.6) is 0 Å². The molecule has 2 rings (SSSR count). The van der Waals surface area contributed by atoms with E-state index in [9.17, 15) is 9.59 Å². The van der Waals surface area contributed by atoms with E-state index >= 15 is 0 Å². The summed E-state index contributed by atoms with van der Waals surface area (Å²) in [4.78, 5) is 24.2. The van der Waals surface area contributed by atoms with E-state index in [1.807, 2.05) is 6.92 Å². The molecule has 2 aliphatic carbocycles. The van der Waals surface area contributed by atoms with Gasteiger partial charge in [-0.15, -0.1) is 0 Å². The van der Waals surface area contributed by atoms with Gasteiger partial charge >= 0.3 is 5.97 Å². The molecule has 100 valence electrons. The van der Waals surface area contributed by atoms with Gasteiger partial charge in [0.25, 0.3) is 0 Å². The molecule has 0 saturated heterocycles. The van der Waals surface area contributed by atoms with Crippen LogP contribution in [-0.2, 0) is 14.3 Å². The summed E-state index contributed by atoms with van der Waals surface area (Å²) in [5.41, 5.74) is 0.918. The second-order valence-corrected chi connectivity index (χ2v) is 5.92. The van der Waals surface area contributed by atoms with Gasteiger partial charge < -0.3 is 4.74 Å². The number of hydrogen-bond acceptors (Lipinski definition) is 3. The second-order valence-electron chi connectivity index (χ2n) is 5.92. The number of Topliss-reactive ketones (excluding diaryl/α,β-unsaturated/α-hetero) is 1. The molecule has 18 heavy (non-hydrogen) atoms. The molecule has 0 aromatic carbocycles. The standard InChI is InChI=1S/C15H22O3/c1-10-5-4-6-11(14(17)18-3)12-7-8-13(16)15(12,2)9-10/h5,11-12H,4,6-9H2,1-3H3/b10-5-/t11-,12-,15-/m1/s1. The quantitative estimate of drug-likeness (QED) is 0.531. The summed E-state index contributed by atoms with van der Waals surface area (Å²) in [7, 11) is 1.44. The van der Waals surface area contributed by atoms with Crippen molar-refractivity contribution in [2.75, 3.05) is 7.11 Å². The second kappa shape index (κ2) is 4.87. The minimum Gasteiger partial charge on any atom is -0.469 e. The number of esters is 1. The van der Waals surface area contributed by atoms with Crippen molar-refractivity contribution in [3.05, 3.63) is 11.6 Å². The molecule has 1 saturated carbocycles. The van der Waals surface area contributed by atoms with Crippen LogP contribution in [0.3, 0.4) is 0 Å². The first-order chi connectivity index (χ1) is 8.49. The monoisotopic (exact) mass is 250 g/mol. The summed E-state index contributed by atoms with van der Waals surface area (Å²) in [5, 5.41) is 0. The normalized spacial score (nSPS) is 39.3. The van der Waals surface area contributed by atoms with Gasteiger partial charge in [0, 0.05) is 11.8 Å². The van der Waals surface area contributed by atoms with Crippen LogP contribution in [0.2, 0.25) is 0 Å². The van der Waals surface area contributed by atoms with Crippen LogP contribution in [0.1, 0.15) is 46.0 Å². The lowest BCUT2D eigenvalue weighted by atomic mass is 9.67. The first-order valence-corrected chi connectivity index (χ1v) is 6.76. The Morgan fingerprint density at radius 3 is 2.83 bits per heavy atom. The SMILES string of the molecule is COC(=O)[C@@H]1CC/C=C(/C)C[C@@]2(C)C(=O)CC[C@H]12. The molecular formula is C15H22O3. The van der Waals surface area contributed by atoms with Crippen molar-refractivity contribution in [2.45, 2.75) is 46.0 Å². The minimum atomic E-state index is -0.361. The van der Waals surface area contributed by atoms with E-state index in [0.29, 0.717) is 12.2 Å². The molecule has 0 bridgehead atoms. The first-order valence-electron chi connectivity index (χ1n) is 6.76. The van der Waals surface area contributed by atoms with Crippen molar-refractivity contribution >= 4 is 11.8 Å². The Morgan fingerprint density at radius 1 is 1.44 bits per heavy atom. The highest BCUT2D eigenvalue weighted by molar-refractivity contribution is 5.88. The Labute approximate surface area is 109 Å². The van der Waals surface area contributed by atoms with E-state index in [1.54, 1.807) is 0 Å². The van der Waals surface area contributed by atoms with Crippen molar-refractivity contribution in [1.82, 2.24) is 0 Å². The Balaban J connectivity index is 2.36. The number of methoxy groups -OCH3 is 1. The molecule has 0 N–H and O–H groups in total. The van der Waals surface area contributed by atoms with E-state index in [4.69, 9.17) is 4.74 Å². The Kier molecular flexibility index (Phi) is 3.60. The number of fused-ring (bicyclic) bond motifs is 1. The number of carbonyl (C=O) groups excluding carboxylic acids is 2. The maximum absolute atomic E-state index is 12.2. The van der Waals surface area contributed by atoms with Crippen molar-refractivity contribution in [3.8, 4) is 0 Å². The minimum absolute atomic E-state index is 0.115. The average Bonchev–Trinajstić information content (AvgIpc) is 2.58.